The topological polar surface area (TPSA) is 55.6 Å². The lowest BCUT2D eigenvalue weighted by Crippen LogP contribution is -2.02. The average molecular weight is 306 g/mol. The van der Waals surface area contributed by atoms with E-state index in [-0.39, 0.29) is 5.28 Å². The number of para-hydroxylation sites is 2. The molecule has 0 radical (unpaired) electrons. The largest absolute Gasteiger partial charge is 0.337 e. The zero-order valence-corrected chi connectivity index (χ0v) is 11.7. The Morgan fingerprint density at radius 1 is 1.10 bits per heavy atom. The van der Waals surface area contributed by atoms with E-state index in [0.717, 1.165) is 11.4 Å². The summed E-state index contributed by atoms with van der Waals surface area (Å²) in [6.07, 6.45) is 5.02. The molecule has 5 nitrogen and oxygen atoms in total. The van der Waals surface area contributed by atoms with Gasteiger partial charge in [0.15, 0.2) is 5.82 Å². The van der Waals surface area contributed by atoms with Crippen molar-refractivity contribution in [2.75, 3.05) is 5.32 Å². The minimum Gasteiger partial charge on any atom is -0.337 e. The van der Waals surface area contributed by atoms with E-state index in [1.54, 1.807) is 10.9 Å². The maximum absolute atomic E-state index is 6.05. The van der Waals surface area contributed by atoms with Crippen LogP contribution in [0.3, 0.4) is 0 Å². The second-order valence-corrected chi connectivity index (χ2v) is 4.67. The van der Waals surface area contributed by atoms with Gasteiger partial charge in [-0.1, -0.05) is 23.7 Å². The number of hydrogen-bond donors (Lipinski definition) is 1. The van der Waals surface area contributed by atoms with Crippen molar-refractivity contribution in [2.24, 2.45) is 0 Å². The molecule has 1 aromatic carbocycles. The summed E-state index contributed by atoms with van der Waals surface area (Å²) in [5, 5.41) is 7.88. The summed E-state index contributed by atoms with van der Waals surface area (Å²) in [6, 6.07) is 9.53. The molecule has 2 aromatic heterocycles. The van der Waals surface area contributed by atoms with Crippen molar-refractivity contribution in [3.63, 3.8) is 0 Å². The maximum Gasteiger partial charge on any atom is 0.224 e. The molecule has 3 rings (SSSR count). The normalized spacial score (nSPS) is 10.5. The van der Waals surface area contributed by atoms with Crippen LogP contribution in [0, 0.1) is 0 Å². The van der Waals surface area contributed by atoms with Crippen LogP contribution >= 0.6 is 23.2 Å². The van der Waals surface area contributed by atoms with E-state index in [1.165, 1.54) is 6.20 Å². The molecule has 7 heteroatoms. The number of halogens is 2. The first-order valence-electron chi connectivity index (χ1n) is 5.78. The van der Waals surface area contributed by atoms with E-state index in [9.17, 15) is 0 Å². The molecule has 0 bridgehead atoms. The molecule has 0 saturated carbocycles. The van der Waals surface area contributed by atoms with Crippen molar-refractivity contribution in [2.45, 2.75) is 0 Å². The number of nitrogens with zero attached hydrogens (tertiary/aromatic N) is 4. The van der Waals surface area contributed by atoms with Gasteiger partial charge in [-0.25, -0.2) is 9.67 Å². The second-order valence-electron chi connectivity index (χ2n) is 3.93. The van der Waals surface area contributed by atoms with Gasteiger partial charge in [-0.05, 0) is 29.8 Å². The molecule has 20 heavy (non-hydrogen) atoms. The Morgan fingerprint density at radius 3 is 2.75 bits per heavy atom. The lowest BCUT2D eigenvalue weighted by Gasteiger charge is -2.12. The fourth-order valence-corrected chi connectivity index (χ4v) is 2.02. The Morgan fingerprint density at radius 2 is 1.95 bits per heavy atom. The molecule has 0 spiro atoms. The summed E-state index contributed by atoms with van der Waals surface area (Å²) in [6.45, 7) is 0. The van der Waals surface area contributed by atoms with Gasteiger partial charge < -0.3 is 5.32 Å². The Balaban J connectivity index is 2.01. The van der Waals surface area contributed by atoms with E-state index < -0.39 is 0 Å². The van der Waals surface area contributed by atoms with E-state index in [0.29, 0.717) is 10.8 Å². The lowest BCUT2D eigenvalue weighted by atomic mass is 10.2. The predicted octanol–water partition coefficient (Wildman–Crippen LogP) is 3.71. The van der Waals surface area contributed by atoms with Gasteiger partial charge in [0.05, 0.1) is 17.6 Å². The Hall–Kier alpha value is -2.11. The zero-order chi connectivity index (χ0) is 13.9. The van der Waals surface area contributed by atoms with Crippen LogP contribution in [-0.4, -0.2) is 19.7 Å². The summed E-state index contributed by atoms with van der Waals surface area (Å²) in [5.74, 6) is 0.450. The summed E-state index contributed by atoms with van der Waals surface area (Å²) in [7, 11) is 0. The minimum atomic E-state index is 0.133. The molecular formula is C13H9Cl2N5. The van der Waals surface area contributed by atoms with Gasteiger partial charge >= 0.3 is 0 Å². The van der Waals surface area contributed by atoms with E-state index >= 15 is 0 Å². The third kappa shape index (κ3) is 2.59. The van der Waals surface area contributed by atoms with Gasteiger partial charge in [-0.3, -0.25) is 0 Å². The predicted molar refractivity (Wildman–Crippen MR) is 78.9 cm³/mol. The van der Waals surface area contributed by atoms with Crippen LogP contribution in [0.15, 0.2) is 48.9 Å². The fraction of sp³-hybridized carbons (Fsp3) is 0. The van der Waals surface area contributed by atoms with Crippen LogP contribution in [0.2, 0.25) is 10.3 Å². The first kappa shape index (κ1) is 12.9. The van der Waals surface area contributed by atoms with E-state index in [2.05, 4.69) is 20.4 Å². The minimum absolute atomic E-state index is 0.133. The fourth-order valence-electron chi connectivity index (χ4n) is 1.75. The van der Waals surface area contributed by atoms with Gasteiger partial charge in [-0.2, -0.15) is 10.1 Å². The second kappa shape index (κ2) is 5.48. The van der Waals surface area contributed by atoms with Gasteiger partial charge in [0.2, 0.25) is 5.28 Å². The van der Waals surface area contributed by atoms with Crippen LogP contribution in [0.5, 0.6) is 0 Å². The van der Waals surface area contributed by atoms with Crippen molar-refractivity contribution in [3.8, 4) is 5.69 Å². The number of anilines is 2. The molecular weight excluding hydrogens is 297 g/mol. The van der Waals surface area contributed by atoms with Gasteiger partial charge in [0, 0.05) is 12.4 Å². The molecule has 3 aromatic rings. The lowest BCUT2D eigenvalue weighted by molar-refractivity contribution is 0.882. The molecule has 0 amide bonds. The van der Waals surface area contributed by atoms with Gasteiger partial charge in [-0.15, -0.1) is 0 Å². The molecule has 0 aliphatic heterocycles. The van der Waals surface area contributed by atoms with Crippen LogP contribution in [0.25, 0.3) is 5.69 Å². The monoisotopic (exact) mass is 305 g/mol. The zero-order valence-electron chi connectivity index (χ0n) is 10.2. The Bertz CT molecular complexity index is 727. The van der Waals surface area contributed by atoms with Crippen LogP contribution < -0.4 is 5.32 Å². The van der Waals surface area contributed by atoms with Crippen LogP contribution in [0.1, 0.15) is 0 Å². The molecule has 0 atom stereocenters. The van der Waals surface area contributed by atoms with Crippen LogP contribution in [-0.2, 0) is 0 Å². The highest BCUT2D eigenvalue weighted by atomic mass is 35.5. The molecule has 0 fully saturated rings. The molecule has 1 N–H and O–H groups in total. The van der Waals surface area contributed by atoms with Crippen molar-refractivity contribution < 1.29 is 0 Å². The summed E-state index contributed by atoms with van der Waals surface area (Å²) < 4.78 is 1.75. The first-order valence-corrected chi connectivity index (χ1v) is 6.54. The van der Waals surface area contributed by atoms with E-state index in [4.69, 9.17) is 23.2 Å². The quantitative estimate of drug-likeness (QED) is 0.749. The van der Waals surface area contributed by atoms with Crippen LogP contribution in [0.4, 0.5) is 11.5 Å². The smallest absolute Gasteiger partial charge is 0.224 e. The maximum atomic E-state index is 6.05. The number of hydrogen-bond acceptors (Lipinski definition) is 4. The SMILES string of the molecule is Clc1ncc(Cl)c(Nc2ccccc2-n2cccn2)n1. The summed E-state index contributed by atoms with van der Waals surface area (Å²) in [5.41, 5.74) is 1.69. The molecule has 100 valence electrons. The third-order valence-corrected chi connectivity index (χ3v) is 3.08. The first-order chi connectivity index (χ1) is 9.74. The van der Waals surface area contributed by atoms with Gasteiger partial charge in [0.1, 0.15) is 5.02 Å². The van der Waals surface area contributed by atoms with E-state index in [1.807, 2.05) is 36.5 Å². The van der Waals surface area contributed by atoms with Crippen molar-refractivity contribution in [1.82, 2.24) is 19.7 Å². The summed E-state index contributed by atoms with van der Waals surface area (Å²) in [4.78, 5) is 7.89. The highest BCUT2D eigenvalue weighted by Crippen LogP contribution is 2.27. The molecule has 0 aliphatic carbocycles. The third-order valence-electron chi connectivity index (χ3n) is 2.62. The number of nitrogens with one attached hydrogen (secondary N) is 1. The van der Waals surface area contributed by atoms with Crippen molar-refractivity contribution >= 4 is 34.7 Å². The molecule has 2 heterocycles. The summed E-state index contributed by atoms with van der Waals surface area (Å²) >= 11 is 11.8. The molecule has 0 unspecified atom stereocenters. The Labute approximate surface area is 125 Å². The number of benzene rings is 1. The number of aromatic nitrogens is 4. The molecule has 0 saturated heterocycles. The standard InChI is InChI=1S/C13H9Cl2N5/c14-9-8-16-13(15)19-12(9)18-10-4-1-2-5-11(10)20-7-3-6-17-20/h1-8H,(H,16,18,19). The molecule has 0 aliphatic rings. The van der Waals surface area contributed by atoms with Crippen molar-refractivity contribution in [1.29, 1.82) is 0 Å². The van der Waals surface area contributed by atoms with Gasteiger partial charge in [0.25, 0.3) is 0 Å². The highest BCUT2D eigenvalue weighted by Gasteiger charge is 2.09. The highest BCUT2D eigenvalue weighted by molar-refractivity contribution is 6.33. The Kier molecular flexibility index (Phi) is 3.54. The average Bonchev–Trinajstić information content (AvgIpc) is 2.97. The number of rotatable bonds is 3. The van der Waals surface area contributed by atoms with Crippen molar-refractivity contribution in [3.05, 3.63) is 59.2 Å².